The molecule has 138 valence electrons. The van der Waals surface area contributed by atoms with E-state index in [-0.39, 0.29) is 5.92 Å². The molecule has 2 aromatic rings. The normalized spacial score (nSPS) is 11.7. The minimum atomic E-state index is 0.0824. The zero-order valence-electron chi connectivity index (χ0n) is 16.1. The molecule has 0 amide bonds. The lowest BCUT2D eigenvalue weighted by atomic mass is 10.1. The van der Waals surface area contributed by atoms with Crippen LogP contribution < -0.4 is 4.74 Å². The van der Waals surface area contributed by atoms with Crippen molar-refractivity contribution in [2.45, 2.75) is 58.8 Å². The highest BCUT2D eigenvalue weighted by Gasteiger charge is 2.05. The van der Waals surface area contributed by atoms with E-state index in [1.165, 1.54) is 31.2 Å². The van der Waals surface area contributed by atoms with E-state index in [4.69, 9.17) is 10.00 Å². The molecular formula is C23H30N2O. The monoisotopic (exact) mass is 350 g/mol. The van der Waals surface area contributed by atoms with Crippen LogP contribution in [0, 0.1) is 17.2 Å². The Morgan fingerprint density at radius 1 is 1.04 bits per heavy atom. The van der Waals surface area contributed by atoms with Gasteiger partial charge in [-0.15, -0.1) is 0 Å². The topological polar surface area (TPSA) is 45.9 Å². The average molecular weight is 351 g/mol. The van der Waals surface area contributed by atoms with E-state index in [0.29, 0.717) is 6.61 Å². The number of ether oxygens (including phenoxy) is 1. The van der Waals surface area contributed by atoms with E-state index < -0.39 is 0 Å². The summed E-state index contributed by atoms with van der Waals surface area (Å²) in [5, 5.41) is 8.96. The minimum absolute atomic E-state index is 0.0824. The van der Waals surface area contributed by atoms with Crippen LogP contribution >= 0.6 is 0 Å². The fraction of sp³-hybridized carbons (Fsp3) is 0.478. The molecule has 0 bridgehead atoms. The van der Waals surface area contributed by atoms with Gasteiger partial charge in [0.15, 0.2) is 0 Å². The molecule has 1 unspecified atom stereocenters. The van der Waals surface area contributed by atoms with Crippen molar-refractivity contribution in [3.05, 3.63) is 48.2 Å². The first kappa shape index (κ1) is 20.0. The number of unbranched alkanes of at least 4 members (excludes halogenated alkanes) is 3. The molecule has 1 atom stereocenters. The molecule has 1 aromatic carbocycles. The van der Waals surface area contributed by atoms with Crippen molar-refractivity contribution in [1.29, 1.82) is 5.26 Å². The third kappa shape index (κ3) is 6.52. The summed E-state index contributed by atoms with van der Waals surface area (Å²) in [7, 11) is 0. The highest BCUT2D eigenvalue weighted by Crippen LogP contribution is 2.22. The first-order valence-corrected chi connectivity index (χ1v) is 9.84. The summed E-state index contributed by atoms with van der Waals surface area (Å²) < 4.78 is 5.74. The maximum atomic E-state index is 8.96. The van der Waals surface area contributed by atoms with Gasteiger partial charge in [0.2, 0.25) is 0 Å². The van der Waals surface area contributed by atoms with Crippen molar-refractivity contribution >= 4 is 0 Å². The smallest absolute Gasteiger partial charge is 0.119 e. The van der Waals surface area contributed by atoms with Crippen LogP contribution in [0.3, 0.4) is 0 Å². The largest absolute Gasteiger partial charge is 0.494 e. The molecule has 0 fully saturated rings. The highest BCUT2D eigenvalue weighted by molar-refractivity contribution is 5.60. The van der Waals surface area contributed by atoms with Crippen LogP contribution in [-0.2, 0) is 6.42 Å². The lowest BCUT2D eigenvalue weighted by molar-refractivity contribution is 0.291. The average Bonchev–Trinajstić information content (AvgIpc) is 2.70. The molecular weight excluding hydrogens is 320 g/mol. The van der Waals surface area contributed by atoms with Gasteiger partial charge in [0.05, 0.1) is 18.4 Å². The molecule has 3 nitrogen and oxygen atoms in total. The SMILES string of the molecule is CCCCCCc1ccc(-c2ccc(OCCC(C#N)CC)cc2)nc1. The summed E-state index contributed by atoms with van der Waals surface area (Å²) in [5.41, 5.74) is 3.40. The Morgan fingerprint density at radius 2 is 1.85 bits per heavy atom. The van der Waals surface area contributed by atoms with Gasteiger partial charge in [0.25, 0.3) is 0 Å². The summed E-state index contributed by atoms with van der Waals surface area (Å²) in [5.74, 6) is 0.924. The van der Waals surface area contributed by atoms with Crippen LogP contribution in [0.4, 0.5) is 0 Å². The molecule has 26 heavy (non-hydrogen) atoms. The number of benzene rings is 1. The number of aromatic nitrogens is 1. The van der Waals surface area contributed by atoms with Gasteiger partial charge in [-0.1, -0.05) is 39.2 Å². The van der Waals surface area contributed by atoms with Crippen molar-refractivity contribution in [3.63, 3.8) is 0 Å². The molecule has 1 heterocycles. The lowest BCUT2D eigenvalue weighted by Crippen LogP contribution is -2.04. The maximum Gasteiger partial charge on any atom is 0.119 e. The van der Waals surface area contributed by atoms with Crippen LogP contribution in [0.2, 0.25) is 0 Å². The summed E-state index contributed by atoms with van der Waals surface area (Å²) in [6.07, 6.45) is 9.89. The van der Waals surface area contributed by atoms with Gasteiger partial charge < -0.3 is 4.74 Å². The van der Waals surface area contributed by atoms with Crippen molar-refractivity contribution in [1.82, 2.24) is 4.98 Å². The van der Waals surface area contributed by atoms with E-state index in [1.54, 1.807) is 0 Å². The summed E-state index contributed by atoms with van der Waals surface area (Å²) >= 11 is 0. The standard InChI is InChI=1S/C23H30N2O/c1-3-5-6-7-8-20-9-14-23(25-18-20)21-10-12-22(13-11-21)26-16-15-19(4-2)17-24/h9-14,18-19H,3-8,15-16H2,1-2H3. The van der Waals surface area contributed by atoms with Crippen LogP contribution in [0.25, 0.3) is 11.3 Å². The van der Waals surface area contributed by atoms with Crippen LogP contribution in [0.15, 0.2) is 42.6 Å². The van der Waals surface area contributed by atoms with E-state index in [2.05, 4.69) is 30.1 Å². The zero-order chi connectivity index (χ0) is 18.6. The molecule has 0 aliphatic rings. The molecule has 0 saturated carbocycles. The summed E-state index contributed by atoms with van der Waals surface area (Å²) in [4.78, 5) is 4.61. The second-order valence-corrected chi connectivity index (χ2v) is 6.76. The quantitative estimate of drug-likeness (QED) is 0.454. The van der Waals surface area contributed by atoms with Gasteiger partial charge >= 0.3 is 0 Å². The van der Waals surface area contributed by atoms with Crippen LogP contribution in [-0.4, -0.2) is 11.6 Å². The van der Waals surface area contributed by atoms with Crippen molar-refractivity contribution < 1.29 is 4.74 Å². The first-order valence-electron chi connectivity index (χ1n) is 9.84. The van der Waals surface area contributed by atoms with Gasteiger partial charge in [0.1, 0.15) is 5.75 Å². The number of rotatable bonds is 11. The molecule has 3 heteroatoms. The van der Waals surface area contributed by atoms with Crippen molar-refractivity contribution in [2.24, 2.45) is 5.92 Å². The van der Waals surface area contributed by atoms with E-state index >= 15 is 0 Å². The van der Waals surface area contributed by atoms with Crippen molar-refractivity contribution in [3.8, 4) is 23.1 Å². The summed E-state index contributed by atoms with van der Waals surface area (Å²) in [6, 6.07) is 14.6. The van der Waals surface area contributed by atoms with Gasteiger partial charge in [-0.3, -0.25) is 4.98 Å². The fourth-order valence-corrected chi connectivity index (χ4v) is 2.90. The molecule has 2 rings (SSSR count). The Labute approximate surface area is 158 Å². The minimum Gasteiger partial charge on any atom is -0.494 e. The van der Waals surface area contributed by atoms with E-state index in [1.807, 2.05) is 37.4 Å². The number of aryl methyl sites for hydroxylation is 1. The third-order valence-corrected chi connectivity index (χ3v) is 4.70. The Morgan fingerprint density at radius 3 is 2.46 bits per heavy atom. The maximum absolute atomic E-state index is 8.96. The van der Waals surface area contributed by atoms with E-state index in [0.717, 1.165) is 36.3 Å². The highest BCUT2D eigenvalue weighted by atomic mass is 16.5. The van der Waals surface area contributed by atoms with Gasteiger partial charge in [0, 0.05) is 17.7 Å². The van der Waals surface area contributed by atoms with Crippen LogP contribution in [0.1, 0.15) is 57.9 Å². The van der Waals surface area contributed by atoms with Gasteiger partial charge in [-0.05, 0) is 61.6 Å². The molecule has 0 aliphatic carbocycles. The summed E-state index contributed by atoms with van der Waals surface area (Å²) in [6.45, 7) is 4.85. The predicted octanol–water partition coefficient (Wildman–Crippen LogP) is 6.19. The van der Waals surface area contributed by atoms with Crippen molar-refractivity contribution in [2.75, 3.05) is 6.61 Å². The Hall–Kier alpha value is -2.34. The Balaban J connectivity index is 1.84. The number of nitrogens with zero attached hydrogens (tertiary/aromatic N) is 2. The number of pyridine rings is 1. The first-order chi connectivity index (χ1) is 12.8. The van der Waals surface area contributed by atoms with Crippen LogP contribution in [0.5, 0.6) is 5.75 Å². The lowest BCUT2D eigenvalue weighted by Gasteiger charge is -2.09. The molecule has 0 saturated heterocycles. The number of hydrogen-bond donors (Lipinski definition) is 0. The number of nitriles is 1. The Bertz CT molecular complexity index is 671. The second-order valence-electron chi connectivity index (χ2n) is 6.76. The zero-order valence-corrected chi connectivity index (χ0v) is 16.1. The third-order valence-electron chi connectivity index (χ3n) is 4.70. The fourth-order valence-electron chi connectivity index (χ4n) is 2.90. The van der Waals surface area contributed by atoms with Gasteiger partial charge in [-0.2, -0.15) is 5.26 Å². The van der Waals surface area contributed by atoms with E-state index in [9.17, 15) is 0 Å². The molecule has 0 spiro atoms. The molecule has 0 N–H and O–H groups in total. The molecule has 0 aliphatic heterocycles. The second kappa shape index (κ2) is 11.3. The Kier molecular flexibility index (Phi) is 8.69. The molecule has 1 aromatic heterocycles. The number of hydrogen-bond acceptors (Lipinski definition) is 3. The molecule has 0 radical (unpaired) electrons. The predicted molar refractivity (Wildman–Crippen MR) is 107 cm³/mol. The van der Waals surface area contributed by atoms with Gasteiger partial charge in [-0.25, -0.2) is 0 Å².